The maximum Gasteiger partial charge on any atom is 0.164 e. The number of rotatable bonds is 7. The van der Waals surface area contributed by atoms with Crippen LogP contribution in [0.15, 0.2) is 12.7 Å². The van der Waals surface area contributed by atoms with Crippen molar-refractivity contribution in [2.45, 2.75) is 39.9 Å². The van der Waals surface area contributed by atoms with Crippen molar-refractivity contribution in [2.75, 3.05) is 6.54 Å². The first-order valence-electron chi connectivity index (χ1n) is 6.29. The molecule has 1 N–H and O–H groups in total. The van der Waals surface area contributed by atoms with Gasteiger partial charge in [0, 0.05) is 6.54 Å². The fourth-order valence-corrected chi connectivity index (χ4v) is 1.69. The topological polar surface area (TPSA) is 73.5 Å². The summed E-state index contributed by atoms with van der Waals surface area (Å²) in [6.45, 7) is 7.29. The van der Waals surface area contributed by atoms with Crippen LogP contribution in [0.5, 0.6) is 0 Å². The summed E-state index contributed by atoms with van der Waals surface area (Å²) in [6.07, 6.45) is 4.41. The Hall–Kier alpha value is -1.76. The van der Waals surface area contributed by atoms with E-state index in [1.807, 2.05) is 11.6 Å². The Morgan fingerprint density at radius 1 is 1.28 bits per heavy atom. The van der Waals surface area contributed by atoms with Crippen LogP contribution in [0.4, 0.5) is 0 Å². The van der Waals surface area contributed by atoms with Gasteiger partial charge in [0.15, 0.2) is 5.82 Å². The molecular weight excluding hydrogens is 230 g/mol. The maximum atomic E-state index is 4.39. The summed E-state index contributed by atoms with van der Waals surface area (Å²) in [5, 5.41) is 11.8. The van der Waals surface area contributed by atoms with Crippen molar-refractivity contribution in [3.63, 3.8) is 0 Å². The molecule has 98 valence electrons. The first kappa shape index (κ1) is 12.7. The summed E-state index contributed by atoms with van der Waals surface area (Å²) in [4.78, 5) is 8.47. The first-order valence-corrected chi connectivity index (χ1v) is 6.29. The van der Waals surface area contributed by atoms with E-state index in [-0.39, 0.29) is 0 Å². The van der Waals surface area contributed by atoms with Crippen molar-refractivity contribution in [3.05, 3.63) is 24.3 Å². The van der Waals surface area contributed by atoms with Crippen LogP contribution in [0.2, 0.25) is 0 Å². The molecule has 7 heteroatoms. The van der Waals surface area contributed by atoms with E-state index in [1.165, 1.54) is 0 Å². The van der Waals surface area contributed by atoms with Crippen LogP contribution in [0.1, 0.15) is 31.9 Å². The molecule has 0 aliphatic heterocycles. The highest BCUT2D eigenvalue weighted by Crippen LogP contribution is 1.98. The van der Waals surface area contributed by atoms with E-state index in [0.29, 0.717) is 13.1 Å². The van der Waals surface area contributed by atoms with Crippen LogP contribution in [0.3, 0.4) is 0 Å². The third kappa shape index (κ3) is 3.13. The van der Waals surface area contributed by atoms with Gasteiger partial charge in [-0.25, -0.2) is 19.3 Å². The van der Waals surface area contributed by atoms with E-state index in [1.54, 1.807) is 17.3 Å². The van der Waals surface area contributed by atoms with Crippen molar-refractivity contribution in [3.8, 4) is 0 Å². The lowest BCUT2D eigenvalue weighted by atomic mass is 10.5. The second kappa shape index (κ2) is 6.25. The van der Waals surface area contributed by atoms with Crippen LogP contribution in [-0.2, 0) is 19.6 Å². The normalized spacial score (nSPS) is 11.0. The Morgan fingerprint density at radius 3 is 2.94 bits per heavy atom. The first-order chi connectivity index (χ1) is 8.83. The largest absolute Gasteiger partial charge is 0.310 e. The minimum absolute atomic E-state index is 0.606. The molecular formula is C11H19N7. The summed E-state index contributed by atoms with van der Waals surface area (Å²) in [5.74, 6) is 1.71. The van der Waals surface area contributed by atoms with Crippen molar-refractivity contribution in [1.82, 2.24) is 34.8 Å². The van der Waals surface area contributed by atoms with E-state index in [2.05, 4.69) is 32.4 Å². The molecule has 0 aliphatic rings. The predicted molar refractivity (Wildman–Crippen MR) is 66.8 cm³/mol. The Labute approximate surface area is 106 Å². The molecule has 0 saturated heterocycles. The molecule has 0 fully saturated rings. The lowest BCUT2D eigenvalue weighted by Crippen LogP contribution is -2.15. The van der Waals surface area contributed by atoms with Crippen LogP contribution in [0, 0.1) is 0 Å². The van der Waals surface area contributed by atoms with Gasteiger partial charge in [-0.15, -0.1) is 0 Å². The van der Waals surface area contributed by atoms with Gasteiger partial charge in [-0.1, -0.05) is 6.92 Å². The van der Waals surface area contributed by atoms with Crippen molar-refractivity contribution >= 4 is 0 Å². The van der Waals surface area contributed by atoms with E-state index >= 15 is 0 Å². The fraction of sp³-hybridized carbons (Fsp3) is 0.636. The van der Waals surface area contributed by atoms with E-state index < -0.39 is 0 Å². The molecule has 18 heavy (non-hydrogen) atoms. The molecule has 0 unspecified atom stereocenters. The summed E-state index contributed by atoms with van der Waals surface area (Å²) in [6, 6.07) is 0. The van der Waals surface area contributed by atoms with Gasteiger partial charge in [-0.2, -0.15) is 10.2 Å². The van der Waals surface area contributed by atoms with E-state index in [0.717, 1.165) is 31.2 Å². The molecule has 0 radical (unpaired) electrons. The molecule has 0 aromatic carbocycles. The highest BCUT2D eigenvalue weighted by Gasteiger charge is 2.06. The van der Waals surface area contributed by atoms with Crippen LogP contribution in [-0.4, -0.2) is 36.1 Å². The van der Waals surface area contributed by atoms with Gasteiger partial charge in [0.05, 0.1) is 6.54 Å². The van der Waals surface area contributed by atoms with E-state index in [4.69, 9.17) is 0 Å². The van der Waals surface area contributed by atoms with Crippen LogP contribution < -0.4 is 5.32 Å². The summed E-state index contributed by atoms with van der Waals surface area (Å²) < 4.78 is 3.65. The zero-order valence-corrected chi connectivity index (χ0v) is 10.9. The van der Waals surface area contributed by atoms with Gasteiger partial charge in [0.1, 0.15) is 25.0 Å². The number of nitrogens with one attached hydrogen (secondary N) is 1. The lowest BCUT2D eigenvalue weighted by Gasteiger charge is -2.02. The molecule has 0 spiro atoms. The minimum atomic E-state index is 0.606. The fourth-order valence-electron chi connectivity index (χ4n) is 1.69. The van der Waals surface area contributed by atoms with Crippen molar-refractivity contribution < 1.29 is 0 Å². The average Bonchev–Trinajstić information content (AvgIpc) is 2.99. The predicted octanol–water partition coefficient (Wildman–Crippen LogP) is 0.437. The van der Waals surface area contributed by atoms with Gasteiger partial charge in [0.25, 0.3) is 0 Å². The summed E-state index contributed by atoms with van der Waals surface area (Å²) >= 11 is 0. The Kier molecular flexibility index (Phi) is 4.40. The monoisotopic (exact) mass is 249 g/mol. The standard InChI is InChI=1S/C11H19N7/c1-3-5-12-6-10-14-9-17(16-10)7-11-13-8-15-18(11)4-2/h8-9,12H,3-7H2,1-2H3. The zero-order chi connectivity index (χ0) is 12.8. The molecule has 0 saturated carbocycles. The average molecular weight is 249 g/mol. The highest BCUT2D eigenvalue weighted by molar-refractivity contribution is 4.88. The Bertz CT molecular complexity index is 473. The SMILES string of the molecule is CCCNCc1ncn(Cc2ncnn2CC)n1. The van der Waals surface area contributed by atoms with Crippen LogP contribution >= 0.6 is 0 Å². The molecule has 2 aromatic heterocycles. The number of hydrogen-bond donors (Lipinski definition) is 1. The number of aromatic nitrogens is 6. The summed E-state index contributed by atoms with van der Waals surface area (Å²) in [5.41, 5.74) is 0. The Morgan fingerprint density at radius 2 is 2.17 bits per heavy atom. The van der Waals surface area contributed by atoms with Gasteiger partial charge >= 0.3 is 0 Å². The molecule has 2 aromatic rings. The Balaban J connectivity index is 1.94. The molecule has 0 aliphatic carbocycles. The third-order valence-electron chi connectivity index (χ3n) is 2.59. The van der Waals surface area contributed by atoms with E-state index in [9.17, 15) is 0 Å². The van der Waals surface area contributed by atoms with Crippen LogP contribution in [0.25, 0.3) is 0 Å². The second-order valence-corrected chi connectivity index (χ2v) is 4.03. The molecule has 0 amide bonds. The molecule has 2 heterocycles. The number of hydrogen-bond acceptors (Lipinski definition) is 5. The molecule has 0 bridgehead atoms. The minimum Gasteiger partial charge on any atom is -0.310 e. The molecule has 2 rings (SSSR count). The quantitative estimate of drug-likeness (QED) is 0.721. The summed E-state index contributed by atoms with van der Waals surface area (Å²) in [7, 11) is 0. The van der Waals surface area contributed by atoms with Crippen molar-refractivity contribution in [2.24, 2.45) is 0 Å². The number of aryl methyl sites for hydroxylation is 1. The van der Waals surface area contributed by atoms with Gasteiger partial charge < -0.3 is 5.32 Å². The molecule has 7 nitrogen and oxygen atoms in total. The second-order valence-electron chi connectivity index (χ2n) is 4.03. The van der Waals surface area contributed by atoms with Gasteiger partial charge in [-0.05, 0) is 19.9 Å². The van der Waals surface area contributed by atoms with Gasteiger partial charge in [0.2, 0.25) is 0 Å². The third-order valence-corrected chi connectivity index (χ3v) is 2.59. The lowest BCUT2D eigenvalue weighted by molar-refractivity contribution is 0.560. The highest BCUT2D eigenvalue weighted by atomic mass is 15.4. The number of nitrogens with zero attached hydrogens (tertiary/aromatic N) is 6. The molecule has 0 atom stereocenters. The van der Waals surface area contributed by atoms with Gasteiger partial charge in [-0.3, -0.25) is 0 Å². The smallest absolute Gasteiger partial charge is 0.164 e. The zero-order valence-electron chi connectivity index (χ0n) is 10.9. The maximum absolute atomic E-state index is 4.39. The van der Waals surface area contributed by atoms with Crippen molar-refractivity contribution in [1.29, 1.82) is 0 Å².